The van der Waals surface area contributed by atoms with Crippen LogP contribution in [0.25, 0.3) is 0 Å². The SMILES string of the molecule is O=[N+]([O-])c1ccc(Cl)cc1CNCc1ccc(Br)s1. The summed E-state index contributed by atoms with van der Waals surface area (Å²) in [5.41, 5.74) is 0.678. The van der Waals surface area contributed by atoms with Crippen LogP contribution in [0.2, 0.25) is 5.02 Å². The molecule has 0 aliphatic carbocycles. The van der Waals surface area contributed by atoms with Crippen molar-refractivity contribution in [3.05, 3.63) is 59.7 Å². The molecule has 2 aromatic rings. The predicted octanol–water partition coefficient (Wildman–Crippen LogP) is 4.36. The molecule has 1 aromatic heterocycles. The summed E-state index contributed by atoms with van der Waals surface area (Å²) in [4.78, 5) is 11.7. The molecule has 0 saturated carbocycles. The molecule has 2 rings (SSSR count). The van der Waals surface area contributed by atoms with Crippen molar-refractivity contribution in [1.29, 1.82) is 0 Å². The molecule has 0 aliphatic rings. The summed E-state index contributed by atoms with van der Waals surface area (Å²) < 4.78 is 1.07. The van der Waals surface area contributed by atoms with Crippen LogP contribution in [-0.4, -0.2) is 4.92 Å². The van der Waals surface area contributed by atoms with Crippen LogP contribution in [0.4, 0.5) is 5.69 Å². The Bertz CT molecular complexity index is 603. The van der Waals surface area contributed by atoms with Crippen LogP contribution in [0.15, 0.2) is 34.1 Å². The highest BCUT2D eigenvalue weighted by molar-refractivity contribution is 9.11. The second-order valence-corrected chi connectivity index (χ2v) is 6.82. The van der Waals surface area contributed by atoms with Crippen LogP contribution < -0.4 is 5.32 Å². The highest BCUT2D eigenvalue weighted by Gasteiger charge is 2.13. The molecule has 0 amide bonds. The molecule has 0 spiro atoms. The number of nitro groups is 1. The van der Waals surface area contributed by atoms with Gasteiger partial charge in [-0.25, -0.2) is 0 Å². The molecule has 7 heteroatoms. The standard InChI is InChI=1S/C12H10BrClN2O2S/c13-12-4-2-10(19-12)7-15-6-8-5-9(14)1-3-11(8)16(17)18/h1-5,15H,6-7H2. The van der Waals surface area contributed by atoms with Crippen molar-refractivity contribution in [2.45, 2.75) is 13.1 Å². The molecular formula is C12H10BrClN2O2S. The highest BCUT2D eigenvalue weighted by atomic mass is 79.9. The van der Waals surface area contributed by atoms with Crippen molar-refractivity contribution < 1.29 is 4.92 Å². The smallest absolute Gasteiger partial charge is 0.273 e. The van der Waals surface area contributed by atoms with Gasteiger partial charge in [0.25, 0.3) is 5.69 Å². The molecule has 4 nitrogen and oxygen atoms in total. The van der Waals surface area contributed by atoms with E-state index in [1.165, 1.54) is 12.1 Å². The molecule has 1 N–H and O–H groups in total. The molecule has 0 unspecified atom stereocenters. The number of nitrogens with one attached hydrogen (secondary N) is 1. The Labute approximate surface area is 127 Å². The van der Waals surface area contributed by atoms with Crippen LogP contribution in [0.5, 0.6) is 0 Å². The second-order valence-electron chi connectivity index (χ2n) is 3.84. The van der Waals surface area contributed by atoms with E-state index in [2.05, 4.69) is 21.2 Å². The van der Waals surface area contributed by atoms with E-state index in [9.17, 15) is 10.1 Å². The van der Waals surface area contributed by atoms with Gasteiger partial charge in [0, 0.05) is 34.6 Å². The fourth-order valence-corrected chi connectivity index (χ4v) is 3.29. The lowest BCUT2D eigenvalue weighted by Crippen LogP contribution is -2.13. The average Bonchev–Trinajstić information content (AvgIpc) is 2.75. The van der Waals surface area contributed by atoms with Gasteiger partial charge >= 0.3 is 0 Å². The third-order valence-electron chi connectivity index (χ3n) is 2.48. The summed E-state index contributed by atoms with van der Waals surface area (Å²) >= 11 is 10.9. The quantitative estimate of drug-likeness (QED) is 0.636. The number of benzene rings is 1. The first-order valence-electron chi connectivity index (χ1n) is 5.44. The minimum Gasteiger partial charge on any atom is -0.308 e. The summed E-state index contributed by atoms with van der Waals surface area (Å²) in [7, 11) is 0. The van der Waals surface area contributed by atoms with Crippen molar-refractivity contribution in [3.63, 3.8) is 0 Å². The summed E-state index contributed by atoms with van der Waals surface area (Å²) in [6.45, 7) is 1.08. The fraction of sp³-hybridized carbons (Fsp3) is 0.167. The lowest BCUT2D eigenvalue weighted by Gasteiger charge is -2.05. The normalized spacial score (nSPS) is 10.6. The molecule has 0 saturated heterocycles. The van der Waals surface area contributed by atoms with E-state index >= 15 is 0 Å². The molecule has 0 radical (unpaired) electrons. The van der Waals surface area contributed by atoms with Gasteiger partial charge in [-0.05, 0) is 40.2 Å². The summed E-state index contributed by atoms with van der Waals surface area (Å²) in [5.74, 6) is 0. The van der Waals surface area contributed by atoms with Crippen molar-refractivity contribution >= 4 is 44.6 Å². The maximum atomic E-state index is 10.9. The maximum absolute atomic E-state index is 10.9. The van der Waals surface area contributed by atoms with Gasteiger partial charge in [0.15, 0.2) is 0 Å². The first-order valence-corrected chi connectivity index (χ1v) is 7.43. The molecule has 0 atom stereocenters. The first kappa shape index (κ1) is 14.5. The van der Waals surface area contributed by atoms with Crippen molar-refractivity contribution in [3.8, 4) is 0 Å². The molecule has 1 aromatic carbocycles. The van der Waals surface area contributed by atoms with E-state index in [0.717, 1.165) is 8.66 Å². The van der Waals surface area contributed by atoms with Gasteiger partial charge in [0.05, 0.1) is 8.71 Å². The number of halogens is 2. The Morgan fingerprint density at radius 3 is 2.74 bits per heavy atom. The van der Waals surface area contributed by atoms with E-state index in [4.69, 9.17) is 11.6 Å². The van der Waals surface area contributed by atoms with Gasteiger partial charge in [-0.1, -0.05) is 11.6 Å². The third kappa shape index (κ3) is 4.01. The molecular weight excluding hydrogens is 352 g/mol. The van der Waals surface area contributed by atoms with Gasteiger partial charge in [0.2, 0.25) is 0 Å². The zero-order valence-electron chi connectivity index (χ0n) is 9.73. The highest BCUT2D eigenvalue weighted by Crippen LogP contribution is 2.24. The number of nitro benzene ring substituents is 1. The minimum absolute atomic E-state index is 0.0873. The van der Waals surface area contributed by atoms with Gasteiger partial charge in [-0.2, -0.15) is 0 Å². The number of hydrogen-bond donors (Lipinski definition) is 1. The van der Waals surface area contributed by atoms with E-state index < -0.39 is 4.92 Å². The maximum Gasteiger partial charge on any atom is 0.273 e. The topological polar surface area (TPSA) is 55.2 Å². The lowest BCUT2D eigenvalue weighted by molar-refractivity contribution is -0.385. The second kappa shape index (κ2) is 6.47. The monoisotopic (exact) mass is 360 g/mol. The van der Waals surface area contributed by atoms with E-state index in [0.29, 0.717) is 23.7 Å². The summed E-state index contributed by atoms with van der Waals surface area (Å²) in [6, 6.07) is 8.56. The van der Waals surface area contributed by atoms with Crippen LogP contribution in [0.1, 0.15) is 10.4 Å². The molecule has 0 aliphatic heterocycles. The van der Waals surface area contributed by atoms with Crippen LogP contribution >= 0.6 is 38.9 Å². The number of rotatable bonds is 5. The molecule has 1 heterocycles. The number of thiophene rings is 1. The van der Waals surface area contributed by atoms with Gasteiger partial charge in [-0.15, -0.1) is 11.3 Å². The van der Waals surface area contributed by atoms with Gasteiger partial charge in [0.1, 0.15) is 0 Å². The van der Waals surface area contributed by atoms with E-state index in [-0.39, 0.29) is 5.69 Å². The lowest BCUT2D eigenvalue weighted by atomic mass is 10.2. The summed E-state index contributed by atoms with van der Waals surface area (Å²) in [5, 5.41) is 14.6. The summed E-state index contributed by atoms with van der Waals surface area (Å²) in [6.07, 6.45) is 0. The minimum atomic E-state index is -0.394. The predicted molar refractivity (Wildman–Crippen MR) is 80.7 cm³/mol. The Morgan fingerprint density at radius 2 is 2.11 bits per heavy atom. The molecule has 0 fully saturated rings. The zero-order valence-corrected chi connectivity index (χ0v) is 12.9. The van der Waals surface area contributed by atoms with Gasteiger partial charge in [-0.3, -0.25) is 10.1 Å². The fourth-order valence-electron chi connectivity index (χ4n) is 1.64. The van der Waals surface area contributed by atoms with Crippen molar-refractivity contribution in [2.24, 2.45) is 0 Å². The zero-order chi connectivity index (χ0) is 13.8. The third-order valence-corrected chi connectivity index (χ3v) is 4.34. The van der Waals surface area contributed by atoms with Crippen LogP contribution in [-0.2, 0) is 13.1 Å². The largest absolute Gasteiger partial charge is 0.308 e. The molecule has 19 heavy (non-hydrogen) atoms. The molecule has 100 valence electrons. The first-order chi connectivity index (χ1) is 9.06. The Morgan fingerprint density at radius 1 is 1.32 bits per heavy atom. The Hall–Kier alpha value is -0.950. The Kier molecular flexibility index (Phi) is 4.93. The Balaban J connectivity index is 2.02. The van der Waals surface area contributed by atoms with Gasteiger partial charge < -0.3 is 5.32 Å². The molecule has 0 bridgehead atoms. The number of nitrogens with zero attached hydrogens (tertiary/aromatic N) is 1. The van der Waals surface area contributed by atoms with E-state index in [1.54, 1.807) is 17.4 Å². The number of hydrogen-bond acceptors (Lipinski definition) is 4. The van der Waals surface area contributed by atoms with Crippen molar-refractivity contribution in [1.82, 2.24) is 5.32 Å². The van der Waals surface area contributed by atoms with E-state index in [1.807, 2.05) is 12.1 Å². The van der Waals surface area contributed by atoms with Crippen LogP contribution in [0, 0.1) is 10.1 Å². The van der Waals surface area contributed by atoms with Crippen LogP contribution in [0.3, 0.4) is 0 Å². The van der Waals surface area contributed by atoms with Crippen molar-refractivity contribution in [2.75, 3.05) is 0 Å². The average molecular weight is 362 g/mol.